The number of hydrogen-bond donors (Lipinski definition) is 0. The minimum absolute atomic E-state index is 0.0966. The number of oxazole rings is 1. The number of ether oxygens (including phenoxy) is 1. The van der Waals surface area contributed by atoms with Crippen LogP contribution in [0.2, 0.25) is 0 Å². The zero-order chi connectivity index (χ0) is 25.3. The van der Waals surface area contributed by atoms with Gasteiger partial charge >= 0.3 is 5.97 Å². The molecule has 0 saturated heterocycles. The third-order valence-electron chi connectivity index (χ3n) is 4.92. The van der Waals surface area contributed by atoms with Crippen molar-refractivity contribution in [3.63, 3.8) is 0 Å². The topological polar surface area (TPSA) is 74.3 Å². The molecule has 0 aliphatic rings. The molecule has 4 rings (SSSR count). The first kappa shape index (κ1) is 23.7. The van der Waals surface area contributed by atoms with Crippen LogP contribution in [0, 0.1) is 23.3 Å². The molecule has 0 radical (unpaired) electrons. The highest BCUT2D eigenvalue weighted by atomic mass is 19.1. The van der Waals surface area contributed by atoms with Crippen LogP contribution >= 0.6 is 0 Å². The van der Waals surface area contributed by atoms with Crippen LogP contribution in [0.15, 0.2) is 70.5 Å². The second-order valence-corrected chi connectivity index (χ2v) is 7.40. The molecule has 0 N–H and O–H groups in total. The zero-order valence-electron chi connectivity index (χ0n) is 18.1. The number of nitrogens with zero attached hydrogens (tertiary/aromatic N) is 2. The van der Waals surface area contributed by atoms with E-state index in [1.54, 1.807) is 0 Å². The molecule has 4 aromatic rings. The summed E-state index contributed by atoms with van der Waals surface area (Å²) in [6, 6.07) is 8.26. The summed E-state index contributed by atoms with van der Waals surface area (Å²) in [5.41, 5.74) is -1.37. The molecular weight excluding hydrogens is 468 g/mol. The number of para-hydroxylation sites is 1. The fraction of sp³-hybridized carbons (Fsp3) is 0.0800. The Hall–Kier alpha value is -4.47. The zero-order valence-corrected chi connectivity index (χ0v) is 18.1. The highest BCUT2D eigenvalue weighted by Crippen LogP contribution is 2.36. The summed E-state index contributed by atoms with van der Waals surface area (Å²) in [6.07, 6.45) is 1.11. The molecule has 2 aromatic carbocycles. The van der Waals surface area contributed by atoms with Crippen molar-refractivity contribution in [1.29, 1.82) is 0 Å². The predicted octanol–water partition coefficient (Wildman–Crippen LogP) is 5.29. The van der Waals surface area contributed by atoms with Crippen molar-refractivity contribution in [2.75, 3.05) is 6.61 Å². The summed E-state index contributed by atoms with van der Waals surface area (Å²) < 4.78 is 68.3. The fourth-order valence-corrected chi connectivity index (χ4v) is 3.30. The first-order valence-corrected chi connectivity index (χ1v) is 10.1. The first-order chi connectivity index (χ1) is 16.7. The van der Waals surface area contributed by atoms with Crippen molar-refractivity contribution in [2.24, 2.45) is 0 Å². The van der Waals surface area contributed by atoms with Gasteiger partial charge in [0.2, 0.25) is 5.89 Å². The van der Waals surface area contributed by atoms with Gasteiger partial charge in [0.25, 0.3) is 5.56 Å². The molecular formula is C25H16F4N2O4. The molecule has 0 aliphatic heterocycles. The number of hydrogen-bond acceptors (Lipinski definition) is 5. The molecule has 0 aliphatic carbocycles. The number of aromatic nitrogens is 2. The normalized spacial score (nSPS) is 10.9. The van der Waals surface area contributed by atoms with Gasteiger partial charge < -0.3 is 9.15 Å². The minimum Gasteiger partial charge on any atom is -0.461 e. The Kier molecular flexibility index (Phi) is 6.37. The Morgan fingerprint density at radius 1 is 1.06 bits per heavy atom. The smallest absolute Gasteiger partial charge is 0.302 e. The summed E-state index contributed by atoms with van der Waals surface area (Å²) in [5.74, 6) is -4.55. The standard InChI is InChI=1S/C25H16F4N2O4/c1-13(12-34-14(2)32)25-30-22(17-8-7-16(26)10-20(17)29)24(35-25)15-6-9-21(33)31(11-15)23-18(27)4-3-5-19(23)28/h3-11H,1,12H2,2H3. The minimum atomic E-state index is -0.984. The number of halogens is 4. The molecule has 2 heterocycles. The van der Waals surface area contributed by atoms with E-state index in [2.05, 4.69) is 11.6 Å². The van der Waals surface area contributed by atoms with Gasteiger partial charge in [0.05, 0.1) is 0 Å². The maximum atomic E-state index is 14.6. The maximum absolute atomic E-state index is 14.6. The van der Waals surface area contributed by atoms with Gasteiger partial charge in [-0.2, -0.15) is 0 Å². The van der Waals surface area contributed by atoms with Gasteiger partial charge in [-0.3, -0.25) is 14.2 Å². The van der Waals surface area contributed by atoms with E-state index in [1.807, 2.05) is 0 Å². The quantitative estimate of drug-likeness (QED) is 0.275. The predicted molar refractivity (Wildman–Crippen MR) is 118 cm³/mol. The summed E-state index contributed by atoms with van der Waals surface area (Å²) in [7, 11) is 0. The van der Waals surface area contributed by atoms with E-state index in [9.17, 15) is 27.2 Å². The summed E-state index contributed by atoms with van der Waals surface area (Å²) in [4.78, 5) is 27.8. The Labute approximate surface area is 195 Å². The Balaban J connectivity index is 1.91. The molecule has 2 aromatic heterocycles. The first-order valence-electron chi connectivity index (χ1n) is 10.1. The lowest BCUT2D eigenvalue weighted by Crippen LogP contribution is -2.19. The highest BCUT2D eigenvalue weighted by Gasteiger charge is 2.23. The molecule has 35 heavy (non-hydrogen) atoms. The summed E-state index contributed by atoms with van der Waals surface area (Å²) >= 11 is 0. The van der Waals surface area contributed by atoms with Crippen molar-refractivity contribution in [3.8, 4) is 28.3 Å². The van der Waals surface area contributed by atoms with Crippen LogP contribution in [-0.2, 0) is 9.53 Å². The van der Waals surface area contributed by atoms with Crippen molar-refractivity contribution >= 4 is 11.5 Å². The lowest BCUT2D eigenvalue weighted by atomic mass is 10.1. The van der Waals surface area contributed by atoms with Gasteiger partial charge in [-0.05, 0) is 30.3 Å². The number of pyridine rings is 1. The van der Waals surface area contributed by atoms with Crippen LogP contribution in [0.5, 0.6) is 0 Å². The van der Waals surface area contributed by atoms with Crippen LogP contribution in [0.4, 0.5) is 17.6 Å². The number of carbonyl (C=O) groups is 1. The lowest BCUT2D eigenvalue weighted by molar-refractivity contribution is -0.139. The monoisotopic (exact) mass is 484 g/mol. The van der Waals surface area contributed by atoms with E-state index in [-0.39, 0.29) is 40.7 Å². The molecule has 0 unspecified atom stereocenters. The van der Waals surface area contributed by atoms with Gasteiger partial charge in [-0.1, -0.05) is 12.6 Å². The second-order valence-electron chi connectivity index (χ2n) is 7.40. The van der Waals surface area contributed by atoms with Crippen LogP contribution in [-0.4, -0.2) is 22.1 Å². The lowest BCUT2D eigenvalue weighted by Gasteiger charge is -2.10. The van der Waals surface area contributed by atoms with Gasteiger partial charge in [0.15, 0.2) is 5.76 Å². The van der Waals surface area contributed by atoms with Crippen LogP contribution in [0.1, 0.15) is 12.8 Å². The molecule has 6 nitrogen and oxygen atoms in total. The average molecular weight is 484 g/mol. The van der Waals surface area contributed by atoms with E-state index in [0.717, 1.165) is 47.2 Å². The highest BCUT2D eigenvalue weighted by molar-refractivity contribution is 5.79. The summed E-state index contributed by atoms with van der Waals surface area (Å²) in [6.45, 7) is 4.65. The van der Waals surface area contributed by atoms with Crippen molar-refractivity contribution in [3.05, 3.63) is 101 Å². The van der Waals surface area contributed by atoms with E-state index < -0.39 is 40.5 Å². The molecule has 0 spiro atoms. The van der Waals surface area contributed by atoms with Crippen LogP contribution < -0.4 is 5.56 Å². The van der Waals surface area contributed by atoms with Crippen molar-refractivity contribution in [2.45, 2.75) is 6.92 Å². The van der Waals surface area contributed by atoms with Gasteiger partial charge in [0, 0.05) is 42.0 Å². The number of rotatable bonds is 6. The van der Waals surface area contributed by atoms with Gasteiger partial charge in [0.1, 0.15) is 41.3 Å². The van der Waals surface area contributed by atoms with Crippen LogP contribution in [0.3, 0.4) is 0 Å². The third-order valence-corrected chi connectivity index (χ3v) is 4.92. The van der Waals surface area contributed by atoms with E-state index >= 15 is 0 Å². The Morgan fingerprint density at radius 3 is 2.43 bits per heavy atom. The second kappa shape index (κ2) is 9.41. The number of esters is 1. The molecule has 10 heteroatoms. The van der Waals surface area contributed by atoms with Crippen molar-refractivity contribution < 1.29 is 31.5 Å². The maximum Gasteiger partial charge on any atom is 0.302 e. The third kappa shape index (κ3) is 4.77. The number of carbonyl (C=O) groups excluding carboxylic acids is 1. The number of benzene rings is 2. The largest absolute Gasteiger partial charge is 0.461 e. The fourth-order valence-electron chi connectivity index (χ4n) is 3.30. The molecule has 0 amide bonds. The van der Waals surface area contributed by atoms with Crippen LogP contribution in [0.25, 0.3) is 33.8 Å². The van der Waals surface area contributed by atoms with Gasteiger partial charge in [-0.15, -0.1) is 0 Å². The Bertz CT molecular complexity index is 1500. The van der Waals surface area contributed by atoms with E-state index in [1.165, 1.54) is 13.0 Å². The van der Waals surface area contributed by atoms with Crippen molar-refractivity contribution in [1.82, 2.24) is 9.55 Å². The SMILES string of the molecule is C=C(COC(C)=O)c1nc(-c2ccc(F)cc2F)c(-c2ccc(=O)n(-c3c(F)cccc3F)c2)o1. The average Bonchev–Trinajstić information content (AvgIpc) is 3.23. The van der Waals surface area contributed by atoms with Gasteiger partial charge in [-0.25, -0.2) is 22.5 Å². The molecule has 178 valence electrons. The van der Waals surface area contributed by atoms with E-state index in [4.69, 9.17) is 9.15 Å². The molecule has 0 fully saturated rings. The molecule has 0 atom stereocenters. The Morgan fingerprint density at radius 2 is 1.77 bits per heavy atom. The molecule has 0 bridgehead atoms. The summed E-state index contributed by atoms with van der Waals surface area (Å²) in [5, 5.41) is 0. The van der Waals surface area contributed by atoms with E-state index in [0.29, 0.717) is 6.07 Å². The molecule has 0 saturated carbocycles.